The lowest BCUT2D eigenvalue weighted by atomic mass is 10.1. The standard InChI is InChI=1S/C10H8BrNO2/c11-8-3-1-7(2-4-8)10(13)9-5-12-6-14-9/h1-6,10,13H. The fraction of sp³-hybridized carbons (Fsp3) is 0.100. The molecule has 4 heteroatoms. The molecule has 1 heterocycles. The average Bonchev–Trinajstić information content (AvgIpc) is 2.71. The van der Waals surface area contributed by atoms with Gasteiger partial charge in [0.25, 0.3) is 0 Å². The van der Waals surface area contributed by atoms with Gasteiger partial charge in [-0.2, -0.15) is 0 Å². The van der Waals surface area contributed by atoms with E-state index < -0.39 is 6.10 Å². The highest BCUT2D eigenvalue weighted by molar-refractivity contribution is 9.10. The number of hydrogen-bond donors (Lipinski definition) is 1. The van der Waals surface area contributed by atoms with Crippen LogP contribution < -0.4 is 0 Å². The Morgan fingerprint density at radius 3 is 2.57 bits per heavy atom. The first-order chi connectivity index (χ1) is 6.77. The third-order valence-electron chi connectivity index (χ3n) is 1.91. The van der Waals surface area contributed by atoms with Crippen LogP contribution in [0.4, 0.5) is 0 Å². The largest absolute Gasteiger partial charge is 0.445 e. The van der Waals surface area contributed by atoms with Crippen LogP contribution in [0, 0.1) is 0 Å². The molecule has 1 N–H and O–H groups in total. The normalized spacial score (nSPS) is 12.7. The number of nitrogens with zero attached hydrogens (tertiary/aromatic N) is 1. The smallest absolute Gasteiger partial charge is 0.181 e. The van der Waals surface area contributed by atoms with Gasteiger partial charge in [-0.1, -0.05) is 28.1 Å². The molecule has 0 aliphatic carbocycles. The molecular weight excluding hydrogens is 246 g/mol. The summed E-state index contributed by atoms with van der Waals surface area (Å²) in [6, 6.07) is 7.40. The molecule has 0 saturated carbocycles. The van der Waals surface area contributed by atoms with Gasteiger partial charge < -0.3 is 9.52 Å². The Labute approximate surface area is 89.5 Å². The van der Waals surface area contributed by atoms with E-state index in [9.17, 15) is 5.11 Å². The van der Waals surface area contributed by atoms with Crippen LogP contribution in [-0.2, 0) is 0 Å². The highest BCUT2D eigenvalue weighted by atomic mass is 79.9. The van der Waals surface area contributed by atoms with Crippen molar-refractivity contribution in [2.75, 3.05) is 0 Å². The first kappa shape index (κ1) is 9.43. The predicted molar refractivity (Wildman–Crippen MR) is 54.7 cm³/mol. The van der Waals surface area contributed by atoms with Crippen molar-refractivity contribution in [1.82, 2.24) is 4.98 Å². The summed E-state index contributed by atoms with van der Waals surface area (Å²) in [6.45, 7) is 0. The molecule has 14 heavy (non-hydrogen) atoms. The Hall–Kier alpha value is -1.13. The van der Waals surface area contributed by atoms with Gasteiger partial charge in [0.05, 0.1) is 6.20 Å². The number of oxazole rings is 1. The maximum absolute atomic E-state index is 9.82. The Kier molecular flexibility index (Phi) is 2.65. The highest BCUT2D eigenvalue weighted by Gasteiger charge is 2.12. The topological polar surface area (TPSA) is 46.3 Å². The SMILES string of the molecule is OC(c1ccc(Br)cc1)c1cnco1. The Bertz CT molecular complexity index is 397. The van der Waals surface area contributed by atoms with Gasteiger partial charge in [0.15, 0.2) is 12.2 Å². The fourth-order valence-corrected chi connectivity index (χ4v) is 1.43. The Balaban J connectivity index is 2.28. The first-order valence-electron chi connectivity index (χ1n) is 4.09. The molecule has 0 radical (unpaired) electrons. The maximum Gasteiger partial charge on any atom is 0.181 e. The number of aliphatic hydroxyl groups excluding tert-OH is 1. The number of hydrogen-bond acceptors (Lipinski definition) is 3. The van der Waals surface area contributed by atoms with Crippen LogP contribution in [0.2, 0.25) is 0 Å². The van der Waals surface area contributed by atoms with Gasteiger partial charge in [0, 0.05) is 4.47 Å². The van der Waals surface area contributed by atoms with Gasteiger partial charge in [-0.3, -0.25) is 0 Å². The predicted octanol–water partition coefficient (Wildman–Crippen LogP) is 2.52. The second-order valence-electron chi connectivity index (χ2n) is 2.86. The molecule has 0 saturated heterocycles. The Morgan fingerprint density at radius 1 is 1.29 bits per heavy atom. The first-order valence-corrected chi connectivity index (χ1v) is 4.88. The van der Waals surface area contributed by atoms with E-state index in [0.717, 1.165) is 10.0 Å². The summed E-state index contributed by atoms with van der Waals surface area (Å²) >= 11 is 3.33. The molecule has 0 aliphatic rings. The number of aliphatic hydroxyl groups is 1. The Morgan fingerprint density at radius 2 is 2.00 bits per heavy atom. The van der Waals surface area contributed by atoms with E-state index in [1.807, 2.05) is 24.3 Å². The van der Waals surface area contributed by atoms with E-state index in [1.54, 1.807) is 0 Å². The van der Waals surface area contributed by atoms with Crippen LogP contribution in [0.1, 0.15) is 17.4 Å². The molecule has 0 aliphatic heterocycles. The van der Waals surface area contributed by atoms with Crippen LogP contribution in [-0.4, -0.2) is 10.1 Å². The molecule has 2 rings (SSSR count). The molecule has 0 spiro atoms. The average molecular weight is 254 g/mol. The van der Waals surface area contributed by atoms with E-state index in [1.165, 1.54) is 12.6 Å². The summed E-state index contributed by atoms with van der Waals surface area (Å²) in [6.07, 6.45) is 2.06. The van der Waals surface area contributed by atoms with Crippen LogP contribution in [0.3, 0.4) is 0 Å². The van der Waals surface area contributed by atoms with E-state index in [4.69, 9.17) is 4.42 Å². The van der Waals surface area contributed by atoms with Gasteiger partial charge in [-0.15, -0.1) is 0 Å². The highest BCUT2D eigenvalue weighted by Crippen LogP contribution is 2.22. The number of rotatable bonds is 2. The van der Waals surface area contributed by atoms with Gasteiger partial charge in [-0.25, -0.2) is 4.98 Å². The molecule has 0 fully saturated rings. The van der Waals surface area contributed by atoms with E-state index >= 15 is 0 Å². The summed E-state index contributed by atoms with van der Waals surface area (Å²) < 4.78 is 5.98. The summed E-state index contributed by atoms with van der Waals surface area (Å²) in [5, 5.41) is 9.82. The minimum absolute atomic E-state index is 0.451. The molecule has 2 aromatic rings. The summed E-state index contributed by atoms with van der Waals surface area (Å²) in [4.78, 5) is 3.75. The third kappa shape index (κ3) is 1.86. The molecule has 72 valence electrons. The molecule has 1 unspecified atom stereocenters. The summed E-state index contributed by atoms with van der Waals surface area (Å²) in [5.41, 5.74) is 0.782. The van der Waals surface area contributed by atoms with Crippen LogP contribution in [0.25, 0.3) is 0 Å². The van der Waals surface area contributed by atoms with E-state index in [0.29, 0.717) is 5.76 Å². The minimum Gasteiger partial charge on any atom is -0.445 e. The molecule has 1 aromatic carbocycles. The zero-order valence-corrected chi connectivity index (χ0v) is 8.81. The second kappa shape index (κ2) is 3.94. The molecule has 1 aromatic heterocycles. The van der Waals surface area contributed by atoms with Crippen molar-refractivity contribution >= 4 is 15.9 Å². The van der Waals surface area contributed by atoms with E-state index in [2.05, 4.69) is 20.9 Å². The summed E-state index contributed by atoms with van der Waals surface area (Å²) in [5.74, 6) is 0.451. The van der Waals surface area contributed by atoms with Crippen molar-refractivity contribution in [2.45, 2.75) is 6.10 Å². The fourth-order valence-electron chi connectivity index (χ4n) is 1.17. The molecule has 0 amide bonds. The van der Waals surface area contributed by atoms with Crippen molar-refractivity contribution in [2.24, 2.45) is 0 Å². The lowest BCUT2D eigenvalue weighted by Crippen LogP contribution is -1.97. The quantitative estimate of drug-likeness (QED) is 0.895. The lowest BCUT2D eigenvalue weighted by molar-refractivity contribution is 0.189. The van der Waals surface area contributed by atoms with Crippen molar-refractivity contribution < 1.29 is 9.52 Å². The van der Waals surface area contributed by atoms with E-state index in [-0.39, 0.29) is 0 Å². The second-order valence-corrected chi connectivity index (χ2v) is 3.77. The number of aromatic nitrogens is 1. The molecular formula is C10H8BrNO2. The van der Waals surface area contributed by atoms with Crippen molar-refractivity contribution in [3.8, 4) is 0 Å². The molecule has 3 nitrogen and oxygen atoms in total. The monoisotopic (exact) mass is 253 g/mol. The van der Waals surface area contributed by atoms with Crippen LogP contribution >= 0.6 is 15.9 Å². The van der Waals surface area contributed by atoms with Gasteiger partial charge in [0.1, 0.15) is 6.10 Å². The number of halogens is 1. The van der Waals surface area contributed by atoms with Crippen molar-refractivity contribution in [1.29, 1.82) is 0 Å². The van der Waals surface area contributed by atoms with Crippen molar-refractivity contribution in [3.05, 3.63) is 52.7 Å². The molecule has 0 bridgehead atoms. The molecule has 1 atom stereocenters. The minimum atomic E-state index is -0.745. The zero-order valence-electron chi connectivity index (χ0n) is 7.22. The van der Waals surface area contributed by atoms with Crippen LogP contribution in [0.15, 0.2) is 45.7 Å². The lowest BCUT2D eigenvalue weighted by Gasteiger charge is -2.06. The number of benzene rings is 1. The zero-order chi connectivity index (χ0) is 9.97. The summed E-state index contributed by atoms with van der Waals surface area (Å²) in [7, 11) is 0. The maximum atomic E-state index is 9.82. The van der Waals surface area contributed by atoms with Gasteiger partial charge in [-0.05, 0) is 17.7 Å². The van der Waals surface area contributed by atoms with Crippen LogP contribution in [0.5, 0.6) is 0 Å². The third-order valence-corrected chi connectivity index (χ3v) is 2.44. The van der Waals surface area contributed by atoms with Crippen molar-refractivity contribution in [3.63, 3.8) is 0 Å². The van der Waals surface area contributed by atoms with Gasteiger partial charge in [0.2, 0.25) is 0 Å². The van der Waals surface area contributed by atoms with Gasteiger partial charge >= 0.3 is 0 Å².